The summed E-state index contributed by atoms with van der Waals surface area (Å²) in [4.78, 5) is 25.3. The first kappa shape index (κ1) is 15.1. The minimum absolute atomic E-state index is 0.164. The molecule has 0 amide bonds. The van der Waals surface area contributed by atoms with Gasteiger partial charge in [0, 0.05) is 30.4 Å². The summed E-state index contributed by atoms with van der Waals surface area (Å²) >= 11 is 3.17. The van der Waals surface area contributed by atoms with Crippen molar-refractivity contribution < 1.29 is 0 Å². The van der Waals surface area contributed by atoms with E-state index in [1.807, 2.05) is 17.9 Å². The zero-order valence-electron chi connectivity index (χ0n) is 12.9. The van der Waals surface area contributed by atoms with Crippen LogP contribution in [0.1, 0.15) is 5.56 Å². The van der Waals surface area contributed by atoms with Crippen molar-refractivity contribution in [2.45, 2.75) is 10.9 Å². The van der Waals surface area contributed by atoms with Crippen LogP contribution in [0.5, 0.6) is 0 Å². The van der Waals surface area contributed by atoms with Gasteiger partial charge >= 0.3 is 0 Å². The molecule has 4 aromatic heterocycles. The number of rotatable bonds is 3. The monoisotopic (exact) mass is 359 g/mol. The third-order valence-corrected chi connectivity index (χ3v) is 5.80. The van der Waals surface area contributed by atoms with Gasteiger partial charge in [-0.3, -0.25) is 4.79 Å². The number of nitrogen functional groups attached to an aromatic ring is 1. The van der Waals surface area contributed by atoms with E-state index >= 15 is 0 Å². The highest BCUT2D eigenvalue weighted by atomic mass is 32.2. The van der Waals surface area contributed by atoms with E-state index in [1.54, 1.807) is 41.7 Å². The molecular weight excluding hydrogens is 346 g/mol. The fourth-order valence-corrected chi connectivity index (χ4v) is 4.19. The molecule has 4 rings (SSSR count). The predicted octanol–water partition coefficient (Wildman–Crippen LogP) is 1.49. The lowest BCUT2D eigenvalue weighted by atomic mass is 10.3. The van der Waals surface area contributed by atoms with Crippen LogP contribution in [0, 0.1) is 0 Å². The van der Waals surface area contributed by atoms with Gasteiger partial charge in [-0.25, -0.2) is 19.6 Å². The van der Waals surface area contributed by atoms with Crippen LogP contribution in [0.2, 0.25) is 0 Å². The molecule has 0 spiro atoms. The lowest BCUT2D eigenvalue weighted by Crippen LogP contribution is -2.24. The van der Waals surface area contributed by atoms with E-state index in [0.29, 0.717) is 5.52 Å². The molecule has 0 aliphatic rings. The molecule has 0 fully saturated rings. The summed E-state index contributed by atoms with van der Waals surface area (Å²) in [6.45, 7) is 0.289. The number of nitrogens with zero attached hydrogens (tertiary/aromatic N) is 6. The van der Waals surface area contributed by atoms with Crippen LogP contribution >= 0.6 is 23.1 Å². The number of anilines is 1. The minimum Gasteiger partial charge on any atom is -0.368 e. The Hall–Kier alpha value is -2.46. The second kappa shape index (κ2) is 5.56. The van der Waals surface area contributed by atoms with Crippen LogP contribution in [-0.4, -0.2) is 35.6 Å². The molecule has 8 nitrogen and oxygen atoms in total. The summed E-state index contributed by atoms with van der Waals surface area (Å²) in [7, 11) is 1.85. The molecule has 0 saturated heterocycles. The van der Waals surface area contributed by atoms with Gasteiger partial charge in [0.05, 0.1) is 17.4 Å². The molecule has 0 radical (unpaired) electrons. The van der Waals surface area contributed by atoms with Gasteiger partial charge in [-0.05, 0) is 6.26 Å². The van der Waals surface area contributed by atoms with Gasteiger partial charge in [0.25, 0.3) is 5.56 Å². The lowest BCUT2D eigenvalue weighted by molar-refractivity contribution is 0.641. The number of hydrogen-bond acceptors (Lipinski definition) is 8. The molecular formula is C14H13N7OS2. The Morgan fingerprint density at radius 3 is 2.75 bits per heavy atom. The fourth-order valence-electron chi connectivity index (χ4n) is 2.59. The van der Waals surface area contributed by atoms with Gasteiger partial charge in [0.15, 0.2) is 9.99 Å². The molecule has 4 aromatic rings. The van der Waals surface area contributed by atoms with Gasteiger partial charge in [0.1, 0.15) is 5.52 Å². The first-order valence-corrected chi connectivity index (χ1v) is 9.08. The first-order valence-electron chi connectivity index (χ1n) is 7.04. The SMILES string of the molecule is CSc1nc2c(s1)c1cnn(Cc3cnc(N)nc3)c(=O)c1n2C. The summed E-state index contributed by atoms with van der Waals surface area (Å²) in [5, 5.41) is 5.13. The van der Waals surface area contributed by atoms with Crippen LogP contribution in [0.15, 0.2) is 27.7 Å². The Morgan fingerprint density at radius 2 is 2.04 bits per heavy atom. The number of aromatic nitrogens is 6. The molecule has 0 aromatic carbocycles. The van der Waals surface area contributed by atoms with E-state index in [0.717, 1.165) is 25.6 Å². The lowest BCUT2D eigenvalue weighted by Gasteiger charge is -2.05. The molecule has 24 heavy (non-hydrogen) atoms. The smallest absolute Gasteiger partial charge is 0.291 e. The van der Waals surface area contributed by atoms with Crippen molar-refractivity contribution in [3.05, 3.63) is 34.5 Å². The zero-order chi connectivity index (χ0) is 16.8. The Labute approximate surface area is 144 Å². The maximum atomic E-state index is 12.8. The van der Waals surface area contributed by atoms with Gasteiger partial charge in [0.2, 0.25) is 5.95 Å². The summed E-state index contributed by atoms with van der Waals surface area (Å²) < 4.78 is 5.20. The Balaban J connectivity index is 1.87. The Bertz CT molecular complexity index is 1110. The van der Waals surface area contributed by atoms with Crippen molar-refractivity contribution in [2.24, 2.45) is 7.05 Å². The third-order valence-electron chi connectivity index (χ3n) is 3.74. The third kappa shape index (κ3) is 2.26. The van der Waals surface area contributed by atoms with E-state index in [9.17, 15) is 4.79 Å². The van der Waals surface area contributed by atoms with Gasteiger partial charge in [-0.1, -0.05) is 11.8 Å². The van der Waals surface area contributed by atoms with Crippen LogP contribution in [0.4, 0.5) is 5.95 Å². The second-order valence-electron chi connectivity index (χ2n) is 5.21. The van der Waals surface area contributed by atoms with Crippen molar-refractivity contribution in [1.82, 2.24) is 29.3 Å². The second-order valence-corrected chi connectivity index (χ2v) is 7.27. The maximum absolute atomic E-state index is 12.8. The molecule has 0 bridgehead atoms. The summed E-state index contributed by atoms with van der Waals surface area (Å²) in [5.74, 6) is 0.202. The van der Waals surface area contributed by atoms with Crippen LogP contribution in [0.3, 0.4) is 0 Å². The first-order chi connectivity index (χ1) is 11.6. The van der Waals surface area contributed by atoms with Crippen molar-refractivity contribution in [1.29, 1.82) is 0 Å². The number of thioether (sulfide) groups is 1. The van der Waals surface area contributed by atoms with Crippen molar-refractivity contribution in [3.8, 4) is 0 Å². The van der Waals surface area contributed by atoms with Crippen LogP contribution in [-0.2, 0) is 13.6 Å². The molecule has 122 valence electrons. The number of fused-ring (bicyclic) bond motifs is 3. The van der Waals surface area contributed by atoms with Gasteiger partial charge in [-0.2, -0.15) is 5.10 Å². The molecule has 2 N–H and O–H groups in total. The number of aryl methyl sites for hydroxylation is 1. The molecule has 0 saturated carbocycles. The standard InChI is InChI=1S/C14H13N7OS2/c1-20-9-8(10-11(20)19-14(23-2)24-10)5-18-21(12(9)22)6-7-3-16-13(15)17-4-7/h3-5H,6H2,1-2H3,(H2,15,16,17). The predicted molar refractivity (Wildman–Crippen MR) is 95.5 cm³/mol. The van der Waals surface area contributed by atoms with Crippen molar-refractivity contribution in [2.75, 3.05) is 12.0 Å². The summed E-state index contributed by atoms with van der Waals surface area (Å²) in [5.41, 5.74) is 7.49. The zero-order valence-corrected chi connectivity index (χ0v) is 14.6. The average molecular weight is 359 g/mol. The molecule has 0 unspecified atom stereocenters. The number of nitrogens with two attached hydrogens (primary N) is 1. The Kier molecular flexibility index (Phi) is 3.50. The highest BCUT2D eigenvalue weighted by molar-refractivity contribution is 8.00. The topological polar surface area (TPSA) is 105 Å². The van der Waals surface area contributed by atoms with Crippen molar-refractivity contribution in [3.63, 3.8) is 0 Å². The highest BCUT2D eigenvalue weighted by Crippen LogP contribution is 2.34. The molecule has 4 heterocycles. The van der Waals surface area contributed by atoms with Crippen LogP contribution in [0.25, 0.3) is 21.3 Å². The van der Waals surface area contributed by atoms with Crippen LogP contribution < -0.4 is 11.3 Å². The average Bonchev–Trinajstić information content (AvgIpc) is 3.11. The van der Waals surface area contributed by atoms with Gasteiger partial charge < -0.3 is 10.3 Å². The van der Waals surface area contributed by atoms with E-state index < -0.39 is 0 Å². The maximum Gasteiger partial charge on any atom is 0.291 e. The summed E-state index contributed by atoms with van der Waals surface area (Å²) in [6.07, 6.45) is 6.90. The van der Waals surface area contributed by atoms with Gasteiger partial charge in [-0.15, -0.1) is 11.3 Å². The Morgan fingerprint density at radius 1 is 1.29 bits per heavy atom. The highest BCUT2D eigenvalue weighted by Gasteiger charge is 2.18. The van der Waals surface area contributed by atoms with E-state index in [-0.39, 0.29) is 18.1 Å². The normalized spacial score (nSPS) is 11.6. The minimum atomic E-state index is -0.164. The number of hydrogen-bond donors (Lipinski definition) is 1. The fraction of sp³-hybridized carbons (Fsp3) is 0.214. The van der Waals surface area contributed by atoms with E-state index in [4.69, 9.17) is 5.73 Å². The van der Waals surface area contributed by atoms with Crippen molar-refractivity contribution >= 4 is 50.3 Å². The largest absolute Gasteiger partial charge is 0.368 e. The summed E-state index contributed by atoms with van der Waals surface area (Å²) in [6, 6.07) is 0. The quantitative estimate of drug-likeness (QED) is 0.553. The number of thiazole rings is 1. The van der Waals surface area contributed by atoms with E-state index in [2.05, 4.69) is 20.1 Å². The molecule has 10 heteroatoms. The molecule has 0 atom stereocenters. The molecule has 0 aliphatic carbocycles. The molecule has 0 aliphatic heterocycles. The van der Waals surface area contributed by atoms with E-state index in [1.165, 1.54) is 4.68 Å².